The van der Waals surface area contributed by atoms with Gasteiger partial charge in [-0.2, -0.15) is 0 Å². The molecule has 0 unspecified atom stereocenters. The molecular weight excluding hydrogens is 322 g/mol. The van der Waals surface area contributed by atoms with Gasteiger partial charge in [0.25, 0.3) is 0 Å². The summed E-state index contributed by atoms with van der Waals surface area (Å²) in [5.74, 6) is 2.38. The second-order valence-electron chi connectivity index (χ2n) is 6.50. The highest BCUT2D eigenvalue weighted by atomic mass is 32.1. The van der Waals surface area contributed by atoms with E-state index in [0.717, 1.165) is 63.8 Å². The van der Waals surface area contributed by atoms with Gasteiger partial charge in [-0.3, -0.25) is 9.69 Å². The van der Waals surface area contributed by atoms with Gasteiger partial charge in [0.2, 0.25) is 5.91 Å². The average Bonchev–Trinajstić information content (AvgIpc) is 3.24. The summed E-state index contributed by atoms with van der Waals surface area (Å²) in [6, 6.07) is 2.15. The van der Waals surface area contributed by atoms with E-state index in [4.69, 9.17) is 0 Å². The van der Waals surface area contributed by atoms with Gasteiger partial charge in [-0.15, -0.1) is 21.5 Å². The van der Waals surface area contributed by atoms with E-state index >= 15 is 0 Å². The van der Waals surface area contributed by atoms with Gasteiger partial charge in [0.05, 0.1) is 6.54 Å². The van der Waals surface area contributed by atoms with Gasteiger partial charge in [-0.25, -0.2) is 0 Å². The molecule has 0 bridgehead atoms. The second kappa shape index (κ2) is 6.64. The maximum atomic E-state index is 12.5. The molecule has 2 aromatic rings. The molecule has 1 amide bonds. The molecule has 0 saturated heterocycles. The Morgan fingerprint density at radius 1 is 1.25 bits per heavy atom. The van der Waals surface area contributed by atoms with Crippen LogP contribution in [0.1, 0.15) is 35.4 Å². The van der Waals surface area contributed by atoms with Crippen molar-refractivity contribution in [1.29, 1.82) is 0 Å². The minimum absolute atomic E-state index is 0.271. The Bertz CT molecular complexity index is 737. The van der Waals surface area contributed by atoms with Crippen molar-refractivity contribution in [2.24, 2.45) is 0 Å². The lowest BCUT2D eigenvalue weighted by molar-refractivity contribution is -0.132. The SMILES string of the molecule is CCc1nnc2n1CCN(CCC(=O)N1CCc3sccc3C1)C2. The van der Waals surface area contributed by atoms with Crippen molar-refractivity contribution >= 4 is 17.2 Å². The number of rotatable bonds is 4. The van der Waals surface area contributed by atoms with E-state index in [0.29, 0.717) is 6.42 Å². The first-order valence-corrected chi connectivity index (χ1v) is 9.59. The molecule has 0 aromatic carbocycles. The predicted octanol–water partition coefficient (Wildman–Crippen LogP) is 1.69. The van der Waals surface area contributed by atoms with E-state index < -0.39 is 0 Å². The summed E-state index contributed by atoms with van der Waals surface area (Å²) in [4.78, 5) is 18.3. The zero-order chi connectivity index (χ0) is 16.5. The number of nitrogens with zero attached hydrogens (tertiary/aromatic N) is 5. The fourth-order valence-electron chi connectivity index (χ4n) is 3.59. The van der Waals surface area contributed by atoms with Crippen LogP contribution in [-0.2, 0) is 37.3 Å². The fraction of sp³-hybridized carbons (Fsp3) is 0.588. The summed E-state index contributed by atoms with van der Waals surface area (Å²) in [5, 5.41) is 10.7. The van der Waals surface area contributed by atoms with Crippen LogP contribution in [0.5, 0.6) is 0 Å². The highest BCUT2D eigenvalue weighted by Crippen LogP contribution is 2.24. The van der Waals surface area contributed by atoms with Crippen LogP contribution in [0.3, 0.4) is 0 Å². The molecule has 0 atom stereocenters. The van der Waals surface area contributed by atoms with Crippen LogP contribution in [0, 0.1) is 0 Å². The zero-order valence-electron chi connectivity index (χ0n) is 14.1. The molecule has 128 valence electrons. The first-order chi connectivity index (χ1) is 11.7. The largest absolute Gasteiger partial charge is 0.338 e. The Morgan fingerprint density at radius 2 is 2.17 bits per heavy atom. The number of thiophene rings is 1. The molecule has 0 fully saturated rings. The first-order valence-electron chi connectivity index (χ1n) is 8.71. The minimum atomic E-state index is 0.271. The number of hydrogen-bond donors (Lipinski definition) is 0. The summed E-state index contributed by atoms with van der Waals surface area (Å²) < 4.78 is 2.22. The maximum absolute atomic E-state index is 12.5. The number of carbonyl (C=O) groups excluding carboxylic acids is 1. The number of aromatic nitrogens is 3. The third kappa shape index (κ3) is 2.98. The molecular formula is C17H23N5OS. The Balaban J connectivity index is 1.30. The van der Waals surface area contributed by atoms with Crippen molar-refractivity contribution in [2.45, 2.75) is 45.8 Å². The second-order valence-corrected chi connectivity index (χ2v) is 7.50. The molecule has 2 aromatic heterocycles. The Hall–Kier alpha value is -1.73. The lowest BCUT2D eigenvalue weighted by Gasteiger charge is -2.30. The molecule has 0 aliphatic carbocycles. The molecule has 4 heterocycles. The number of hydrogen-bond acceptors (Lipinski definition) is 5. The smallest absolute Gasteiger partial charge is 0.224 e. The lowest BCUT2D eigenvalue weighted by Crippen LogP contribution is -2.39. The molecule has 0 radical (unpaired) electrons. The summed E-state index contributed by atoms with van der Waals surface area (Å²) >= 11 is 1.81. The Kier molecular flexibility index (Phi) is 4.37. The predicted molar refractivity (Wildman–Crippen MR) is 92.7 cm³/mol. The third-order valence-corrected chi connectivity index (χ3v) is 6.05. The first kappa shape index (κ1) is 15.8. The molecule has 4 rings (SSSR count). The molecule has 24 heavy (non-hydrogen) atoms. The van der Waals surface area contributed by atoms with Crippen LogP contribution in [-0.4, -0.2) is 50.1 Å². The minimum Gasteiger partial charge on any atom is -0.338 e. The molecule has 2 aliphatic heterocycles. The molecule has 2 aliphatic rings. The maximum Gasteiger partial charge on any atom is 0.224 e. The van der Waals surface area contributed by atoms with E-state index in [2.05, 4.69) is 38.0 Å². The third-order valence-electron chi connectivity index (χ3n) is 5.03. The standard InChI is InChI=1S/C17H23N5OS/c1-2-15-18-19-16-12-20(8-9-22(15)16)6-4-17(23)21-7-3-14-13(11-21)5-10-24-14/h5,10H,2-4,6-9,11-12H2,1H3. The van der Waals surface area contributed by atoms with Crippen LogP contribution in [0.15, 0.2) is 11.4 Å². The summed E-state index contributed by atoms with van der Waals surface area (Å²) in [7, 11) is 0. The number of amides is 1. The number of fused-ring (bicyclic) bond motifs is 2. The van der Waals surface area contributed by atoms with Gasteiger partial charge in [0, 0.05) is 50.4 Å². The summed E-state index contributed by atoms with van der Waals surface area (Å²) in [5.41, 5.74) is 1.33. The van der Waals surface area contributed by atoms with E-state index in [9.17, 15) is 4.79 Å². The highest BCUT2D eigenvalue weighted by Gasteiger charge is 2.24. The van der Waals surface area contributed by atoms with Gasteiger partial charge >= 0.3 is 0 Å². The quantitative estimate of drug-likeness (QED) is 0.846. The highest BCUT2D eigenvalue weighted by molar-refractivity contribution is 7.10. The van der Waals surface area contributed by atoms with Crippen LogP contribution in [0.4, 0.5) is 0 Å². The van der Waals surface area contributed by atoms with Gasteiger partial charge in [0.15, 0.2) is 0 Å². The monoisotopic (exact) mass is 345 g/mol. The van der Waals surface area contributed by atoms with Crippen LogP contribution in [0.25, 0.3) is 0 Å². The van der Waals surface area contributed by atoms with Crippen molar-refractivity contribution in [3.8, 4) is 0 Å². The molecule has 6 nitrogen and oxygen atoms in total. The van der Waals surface area contributed by atoms with E-state index in [1.807, 2.05) is 16.2 Å². The summed E-state index contributed by atoms with van der Waals surface area (Å²) in [6.45, 7) is 7.27. The number of aryl methyl sites for hydroxylation is 1. The van der Waals surface area contributed by atoms with Crippen molar-refractivity contribution in [3.63, 3.8) is 0 Å². The van der Waals surface area contributed by atoms with Crippen molar-refractivity contribution in [2.75, 3.05) is 19.6 Å². The van der Waals surface area contributed by atoms with Crippen LogP contribution >= 0.6 is 11.3 Å². The van der Waals surface area contributed by atoms with Crippen molar-refractivity contribution in [3.05, 3.63) is 33.5 Å². The van der Waals surface area contributed by atoms with Gasteiger partial charge in [0.1, 0.15) is 11.6 Å². The normalized spacial score (nSPS) is 17.6. The number of carbonyl (C=O) groups is 1. The van der Waals surface area contributed by atoms with E-state index in [-0.39, 0.29) is 5.91 Å². The topological polar surface area (TPSA) is 54.3 Å². The van der Waals surface area contributed by atoms with Crippen molar-refractivity contribution in [1.82, 2.24) is 24.6 Å². The van der Waals surface area contributed by atoms with Crippen LogP contribution in [0.2, 0.25) is 0 Å². The van der Waals surface area contributed by atoms with Gasteiger partial charge in [-0.05, 0) is 23.4 Å². The van der Waals surface area contributed by atoms with Crippen LogP contribution < -0.4 is 0 Å². The van der Waals surface area contributed by atoms with E-state index in [1.54, 1.807) is 0 Å². The zero-order valence-corrected chi connectivity index (χ0v) is 14.9. The summed E-state index contributed by atoms with van der Waals surface area (Å²) in [6.07, 6.45) is 2.52. The van der Waals surface area contributed by atoms with Crippen molar-refractivity contribution < 1.29 is 4.79 Å². The molecule has 0 saturated carbocycles. The molecule has 7 heteroatoms. The Morgan fingerprint density at radius 3 is 3.04 bits per heavy atom. The van der Waals surface area contributed by atoms with Gasteiger partial charge < -0.3 is 9.47 Å². The Labute approximate surface area is 146 Å². The van der Waals surface area contributed by atoms with Gasteiger partial charge in [-0.1, -0.05) is 6.92 Å². The average molecular weight is 345 g/mol. The molecule has 0 N–H and O–H groups in total. The lowest BCUT2D eigenvalue weighted by atomic mass is 10.1. The fourth-order valence-corrected chi connectivity index (χ4v) is 4.48. The molecule has 0 spiro atoms. The van der Waals surface area contributed by atoms with E-state index in [1.165, 1.54) is 10.4 Å².